The molecule has 20 heavy (non-hydrogen) atoms. The Bertz CT molecular complexity index is 604. The molecule has 0 amide bonds. The highest BCUT2D eigenvalue weighted by molar-refractivity contribution is 7.89. The highest BCUT2D eigenvalue weighted by Crippen LogP contribution is 2.23. The number of benzene rings is 1. The summed E-state index contributed by atoms with van der Waals surface area (Å²) in [6, 6.07) is 4.79. The fourth-order valence-electron chi connectivity index (χ4n) is 2.12. The second-order valence-corrected chi connectivity index (χ2v) is 6.07. The minimum absolute atomic E-state index is 0.299. The molecule has 110 valence electrons. The SMILES string of the molecule is CO[C@H]1CNCC1NS(=O)(=O)c1ccccc1[N+](=O)[O-]. The molecule has 0 radical (unpaired) electrons. The van der Waals surface area contributed by atoms with Gasteiger partial charge in [0.15, 0.2) is 4.90 Å². The van der Waals surface area contributed by atoms with Gasteiger partial charge in [0.2, 0.25) is 10.0 Å². The largest absolute Gasteiger partial charge is 0.378 e. The molecule has 1 aromatic carbocycles. The first kappa shape index (κ1) is 14.9. The lowest BCUT2D eigenvalue weighted by Gasteiger charge is -2.18. The van der Waals surface area contributed by atoms with Crippen LogP contribution in [0.15, 0.2) is 29.2 Å². The van der Waals surface area contributed by atoms with Crippen LogP contribution in [-0.4, -0.2) is 45.7 Å². The first-order valence-corrected chi connectivity index (χ1v) is 7.43. The molecule has 1 unspecified atom stereocenters. The first-order chi connectivity index (χ1) is 9.45. The topological polar surface area (TPSA) is 111 Å². The van der Waals surface area contributed by atoms with Crippen LogP contribution in [0.2, 0.25) is 0 Å². The monoisotopic (exact) mass is 301 g/mol. The predicted molar refractivity (Wildman–Crippen MR) is 70.9 cm³/mol. The molecule has 1 aliphatic heterocycles. The summed E-state index contributed by atoms with van der Waals surface area (Å²) in [7, 11) is -2.48. The van der Waals surface area contributed by atoms with Crippen LogP contribution < -0.4 is 10.0 Å². The molecule has 0 spiro atoms. The van der Waals surface area contributed by atoms with E-state index in [9.17, 15) is 18.5 Å². The van der Waals surface area contributed by atoms with Crippen molar-refractivity contribution in [2.24, 2.45) is 0 Å². The van der Waals surface area contributed by atoms with Crippen LogP contribution in [0, 0.1) is 10.1 Å². The molecule has 9 heteroatoms. The molecule has 1 aromatic rings. The minimum atomic E-state index is -3.97. The first-order valence-electron chi connectivity index (χ1n) is 5.95. The average Bonchev–Trinajstić information content (AvgIpc) is 2.85. The number of para-hydroxylation sites is 1. The number of nitro benzene ring substituents is 1. The Kier molecular flexibility index (Phi) is 4.33. The van der Waals surface area contributed by atoms with E-state index in [-0.39, 0.29) is 11.0 Å². The van der Waals surface area contributed by atoms with Crippen LogP contribution in [0.1, 0.15) is 0 Å². The second kappa shape index (κ2) is 5.83. The van der Waals surface area contributed by atoms with E-state index in [1.165, 1.54) is 25.3 Å². The maximum atomic E-state index is 12.3. The maximum absolute atomic E-state index is 12.3. The van der Waals surface area contributed by atoms with E-state index in [1.807, 2.05) is 0 Å². The van der Waals surface area contributed by atoms with E-state index in [4.69, 9.17) is 4.74 Å². The van der Waals surface area contributed by atoms with Crippen LogP contribution in [0.25, 0.3) is 0 Å². The fraction of sp³-hybridized carbons (Fsp3) is 0.455. The van der Waals surface area contributed by atoms with Crippen LogP contribution in [0.3, 0.4) is 0 Å². The summed E-state index contributed by atoms with van der Waals surface area (Å²) in [5.74, 6) is 0. The summed E-state index contributed by atoms with van der Waals surface area (Å²) < 4.78 is 32.2. The zero-order chi connectivity index (χ0) is 14.8. The molecule has 1 fully saturated rings. The van der Waals surface area contributed by atoms with Gasteiger partial charge >= 0.3 is 0 Å². The van der Waals surface area contributed by atoms with Crippen molar-refractivity contribution in [1.82, 2.24) is 10.0 Å². The molecule has 1 aliphatic rings. The summed E-state index contributed by atoms with van der Waals surface area (Å²) in [4.78, 5) is 9.85. The van der Waals surface area contributed by atoms with E-state index >= 15 is 0 Å². The molecule has 0 saturated carbocycles. The zero-order valence-electron chi connectivity index (χ0n) is 10.8. The quantitative estimate of drug-likeness (QED) is 0.578. The minimum Gasteiger partial charge on any atom is -0.378 e. The third-order valence-corrected chi connectivity index (χ3v) is 4.66. The van der Waals surface area contributed by atoms with Gasteiger partial charge in [-0.2, -0.15) is 0 Å². The molecular formula is C11H15N3O5S. The highest BCUT2D eigenvalue weighted by Gasteiger charge is 2.33. The standard InChI is InChI=1S/C11H15N3O5S/c1-19-10-7-12-6-8(10)13-20(17,18)11-5-3-2-4-9(11)14(15)16/h2-5,8,10,12-13H,6-7H2,1H3/t8?,10-/m0/s1. The molecule has 8 nitrogen and oxygen atoms in total. The van der Waals surface area contributed by atoms with E-state index in [1.54, 1.807) is 0 Å². The third-order valence-electron chi connectivity index (χ3n) is 3.12. The summed E-state index contributed by atoms with van der Waals surface area (Å²) in [5.41, 5.74) is -0.445. The van der Waals surface area contributed by atoms with E-state index in [0.29, 0.717) is 13.1 Å². The predicted octanol–water partition coefficient (Wildman–Crippen LogP) is -0.140. The molecule has 2 N–H and O–H groups in total. The normalized spacial score (nSPS) is 22.9. The van der Waals surface area contributed by atoms with E-state index in [0.717, 1.165) is 6.07 Å². The van der Waals surface area contributed by atoms with Gasteiger partial charge in [0.25, 0.3) is 5.69 Å². The number of nitro groups is 1. The average molecular weight is 301 g/mol. The number of nitrogens with one attached hydrogen (secondary N) is 2. The van der Waals surface area contributed by atoms with Gasteiger partial charge in [0, 0.05) is 26.3 Å². The molecular weight excluding hydrogens is 286 g/mol. The van der Waals surface area contributed by atoms with E-state index < -0.39 is 26.7 Å². The number of hydrogen-bond donors (Lipinski definition) is 2. The highest BCUT2D eigenvalue weighted by atomic mass is 32.2. The van der Waals surface area contributed by atoms with Gasteiger partial charge in [0.05, 0.1) is 17.1 Å². The van der Waals surface area contributed by atoms with Gasteiger partial charge in [0.1, 0.15) is 0 Å². The van der Waals surface area contributed by atoms with Crippen molar-refractivity contribution in [2.75, 3.05) is 20.2 Å². The molecule has 1 saturated heterocycles. The Balaban J connectivity index is 2.29. The van der Waals surface area contributed by atoms with Crippen molar-refractivity contribution in [1.29, 1.82) is 0 Å². The number of nitrogens with zero attached hydrogens (tertiary/aromatic N) is 1. The van der Waals surface area contributed by atoms with Crippen molar-refractivity contribution < 1.29 is 18.1 Å². The van der Waals surface area contributed by atoms with Gasteiger partial charge in [-0.3, -0.25) is 10.1 Å². The van der Waals surface area contributed by atoms with Gasteiger partial charge < -0.3 is 10.1 Å². The van der Waals surface area contributed by atoms with Crippen molar-refractivity contribution >= 4 is 15.7 Å². The molecule has 0 bridgehead atoms. The van der Waals surface area contributed by atoms with Crippen molar-refractivity contribution in [3.63, 3.8) is 0 Å². The number of methoxy groups -OCH3 is 1. The summed E-state index contributed by atoms with van der Waals surface area (Å²) in [6.45, 7) is 0.943. The number of sulfonamides is 1. The smallest absolute Gasteiger partial charge is 0.289 e. The second-order valence-electron chi connectivity index (χ2n) is 4.39. The number of ether oxygens (including phenoxy) is 1. The Morgan fingerprint density at radius 1 is 1.40 bits per heavy atom. The third kappa shape index (κ3) is 2.96. The fourth-order valence-corrected chi connectivity index (χ4v) is 3.55. The van der Waals surface area contributed by atoms with Crippen molar-refractivity contribution in [3.05, 3.63) is 34.4 Å². The lowest BCUT2D eigenvalue weighted by atomic mass is 10.2. The van der Waals surface area contributed by atoms with Crippen LogP contribution in [0.5, 0.6) is 0 Å². The maximum Gasteiger partial charge on any atom is 0.289 e. The summed E-state index contributed by atoms with van der Waals surface area (Å²) in [6.07, 6.45) is -0.299. The number of hydrogen-bond acceptors (Lipinski definition) is 6. The summed E-state index contributed by atoms with van der Waals surface area (Å²) >= 11 is 0. The Morgan fingerprint density at radius 2 is 2.10 bits per heavy atom. The Labute approximate surface area is 116 Å². The molecule has 0 aromatic heterocycles. The van der Waals surface area contributed by atoms with Gasteiger partial charge in [-0.15, -0.1) is 0 Å². The zero-order valence-corrected chi connectivity index (χ0v) is 11.6. The molecule has 2 rings (SSSR count). The Morgan fingerprint density at radius 3 is 2.75 bits per heavy atom. The lowest BCUT2D eigenvalue weighted by molar-refractivity contribution is -0.387. The lowest BCUT2D eigenvalue weighted by Crippen LogP contribution is -2.43. The van der Waals surface area contributed by atoms with Gasteiger partial charge in [-0.1, -0.05) is 12.1 Å². The molecule has 2 atom stereocenters. The van der Waals surface area contributed by atoms with Gasteiger partial charge in [-0.25, -0.2) is 13.1 Å². The van der Waals surface area contributed by atoms with Crippen LogP contribution in [0.4, 0.5) is 5.69 Å². The van der Waals surface area contributed by atoms with Gasteiger partial charge in [-0.05, 0) is 6.07 Å². The van der Waals surface area contributed by atoms with Crippen LogP contribution in [-0.2, 0) is 14.8 Å². The number of rotatable bonds is 5. The summed E-state index contributed by atoms with van der Waals surface area (Å²) in [5, 5.41) is 13.9. The van der Waals surface area contributed by atoms with Crippen LogP contribution >= 0.6 is 0 Å². The van der Waals surface area contributed by atoms with E-state index in [2.05, 4.69) is 10.0 Å². The Hall–Kier alpha value is -1.55. The van der Waals surface area contributed by atoms with Crippen molar-refractivity contribution in [3.8, 4) is 0 Å². The molecule has 0 aliphatic carbocycles. The van der Waals surface area contributed by atoms with Crippen molar-refractivity contribution in [2.45, 2.75) is 17.0 Å². The molecule has 1 heterocycles.